The summed E-state index contributed by atoms with van der Waals surface area (Å²) in [7, 11) is -3.59. The van der Waals surface area contributed by atoms with Crippen LogP contribution in [0.4, 0.5) is 0 Å². The molecule has 8 heteroatoms. The first-order valence-corrected chi connectivity index (χ1v) is 8.10. The minimum absolute atomic E-state index is 0.152. The lowest BCUT2D eigenvalue weighted by atomic mass is 10.2. The highest BCUT2D eigenvalue weighted by atomic mass is 35.5. The van der Waals surface area contributed by atoms with Crippen LogP contribution in [0.15, 0.2) is 22.7 Å². The van der Waals surface area contributed by atoms with Gasteiger partial charge < -0.3 is 0 Å². The van der Waals surface area contributed by atoms with Gasteiger partial charge in [0, 0.05) is 18.9 Å². The van der Waals surface area contributed by atoms with Crippen molar-refractivity contribution in [3.63, 3.8) is 0 Å². The fraction of sp³-hybridized carbons (Fsp3) is 0.273. The zero-order valence-electron chi connectivity index (χ0n) is 10.3. The van der Waals surface area contributed by atoms with Gasteiger partial charge in [0.05, 0.1) is 5.69 Å². The molecule has 0 aliphatic heterocycles. The van der Waals surface area contributed by atoms with Crippen LogP contribution >= 0.6 is 22.9 Å². The van der Waals surface area contributed by atoms with Crippen LogP contribution in [-0.2, 0) is 16.6 Å². The van der Waals surface area contributed by atoms with Gasteiger partial charge in [0.1, 0.15) is 0 Å². The molecule has 0 amide bonds. The molecule has 2 aromatic rings. The average Bonchev–Trinajstić information content (AvgIpc) is 2.68. The minimum Gasteiger partial charge on any atom is -0.264 e. The zero-order chi connectivity index (χ0) is 14.0. The van der Waals surface area contributed by atoms with Crippen molar-refractivity contribution >= 4 is 33.0 Å². The Morgan fingerprint density at radius 2 is 2.16 bits per heavy atom. The molecule has 1 N–H and O–H groups in total. The molecule has 2 rings (SSSR count). The van der Waals surface area contributed by atoms with Crippen molar-refractivity contribution in [2.75, 3.05) is 0 Å². The first-order chi connectivity index (χ1) is 8.90. The molecule has 0 aromatic carbocycles. The Balaban J connectivity index is 2.19. The number of halogens is 1. The molecule has 5 nitrogen and oxygen atoms in total. The smallest absolute Gasteiger partial charge is 0.252 e. The molecule has 19 heavy (non-hydrogen) atoms. The van der Waals surface area contributed by atoms with Gasteiger partial charge in [-0.1, -0.05) is 22.9 Å². The van der Waals surface area contributed by atoms with Crippen molar-refractivity contribution in [1.29, 1.82) is 0 Å². The second-order valence-corrected chi connectivity index (χ2v) is 7.51. The number of thiazole rings is 1. The predicted molar refractivity (Wildman–Crippen MR) is 74.9 cm³/mol. The van der Waals surface area contributed by atoms with Gasteiger partial charge in [0.25, 0.3) is 10.0 Å². The fourth-order valence-electron chi connectivity index (χ4n) is 1.52. The van der Waals surface area contributed by atoms with Gasteiger partial charge >= 0.3 is 0 Å². The highest BCUT2D eigenvalue weighted by Gasteiger charge is 2.21. The summed E-state index contributed by atoms with van der Waals surface area (Å²) in [6.45, 7) is 3.71. The topological polar surface area (TPSA) is 72.0 Å². The van der Waals surface area contributed by atoms with Crippen molar-refractivity contribution in [2.24, 2.45) is 0 Å². The molecule has 102 valence electrons. The summed E-state index contributed by atoms with van der Waals surface area (Å²) < 4.78 is 27.2. The summed E-state index contributed by atoms with van der Waals surface area (Å²) in [5.74, 6) is 0. The maximum absolute atomic E-state index is 12.1. The van der Waals surface area contributed by atoms with Gasteiger partial charge in [0.2, 0.25) is 0 Å². The third-order valence-electron chi connectivity index (χ3n) is 2.57. The number of pyridine rings is 1. The molecule has 0 radical (unpaired) electrons. The van der Waals surface area contributed by atoms with Crippen LogP contribution in [0.5, 0.6) is 0 Å². The fourth-order valence-corrected chi connectivity index (χ4v) is 4.31. The first kappa shape index (κ1) is 14.4. The van der Waals surface area contributed by atoms with Gasteiger partial charge in [-0.15, -0.1) is 0 Å². The van der Waals surface area contributed by atoms with Crippen LogP contribution < -0.4 is 4.72 Å². The molecule has 2 heterocycles. The second kappa shape index (κ2) is 5.54. The van der Waals surface area contributed by atoms with Crippen molar-refractivity contribution in [2.45, 2.75) is 24.6 Å². The molecule has 0 atom stereocenters. The molecule has 0 bridgehead atoms. The van der Waals surface area contributed by atoms with E-state index in [0.717, 1.165) is 22.5 Å². The largest absolute Gasteiger partial charge is 0.264 e. The molecule has 0 saturated heterocycles. The number of hydrogen-bond donors (Lipinski definition) is 1. The van der Waals surface area contributed by atoms with Gasteiger partial charge in [-0.25, -0.2) is 18.1 Å². The summed E-state index contributed by atoms with van der Waals surface area (Å²) in [6.07, 6.45) is 3.31. The normalized spacial score (nSPS) is 11.7. The lowest BCUT2D eigenvalue weighted by molar-refractivity contribution is 0.582. The molecule has 0 unspecified atom stereocenters. The lowest BCUT2D eigenvalue weighted by Gasteiger charge is -2.07. The summed E-state index contributed by atoms with van der Waals surface area (Å²) in [6, 6.07) is 1.83. The molecular weight excluding hydrogens is 306 g/mol. The maximum Gasteiger partial charge on any atom is 0.252 e. The van der Waals surface area contributed by atoms with Gasteiger partial charge in [-0.05, 0) is 31.0 Å². The van der Waals surface area contributed by atoms with E-state index in [2.05, 4.69) is 14.7 Å². The Morgan fingerprint density at radius 1 is 1.42 bits per heavy atom. The van der Waals surface area contributed by atoms with Crippen LogP contribution in [0.1, 0.15) is 16.8 Å². The zero-order valence-corrected chi connectivity index (χ0v) is 12.7. The summed E-state index contributed by atoms with van der Waals surface area (Å²) in [5, 5.41) is 0. The molecule has 0 aliphatic rings. The highest BCUT2D eigenvalue weighted by molar-refractivity contribution is 7.91. The number of nitrogens with one attached hydrogen (secondary N) is 1. The van der Waals surface area contributed by atoms with Crippen molar-refractivity contribution < 1.29 is 8.42 Å². The lowest BCUT2D eigenvalue weighted by Crippen LogP contribution is -2.23. The quantitative estimate of drug-likeness (QED) is 0.939. The van der Waals surface area contributed by atoms with Gasteiger partial charge in [-0.2, -0.15) is 0 Å². The van der Waals surface area contributed by atoms with E-state index < -0.39 is 10.0 Å². The molecule has 0 fully saturated rings. The number of nitrogens with zero attached hydrogens (tertiary/aromatic N) is 2. The monoisotopic (exact) mass is 317 g/mol. The summed E-state index contributed by atoms with van der Waals surface area (Å²) in [4.78, 5) is 7.88. The van der Waals surface area contributed by atoms with E-state index in [1.165, 1.54) is 0 Å². The Labute approximate surface area is 120 Å². The summed E-state index contributed by atoms with van der Waals surface area (Å²) in [5.41, 5.74) is 2.22. The van der Waals surface area contributed by atoms with Gasteiger partial charge in [-0.3, -0.25) is 4.98 Å². The molecule has 2 aromatic heterocycles. The highest BCUT2D eigenvalue weighted by Crippen LogP contribution is 2.26. The van der Waals surface area contributed by atoms with E-state index in [4.69, 9.17) is 11.6 Å². The number of aryl methyl sites for hydroxylation is 2. The number of sulfonamides is 1. The van der Waals surface area contributed by atoms with E-state index in [0.29, 0.717) is 5.69 Å². The van der Waals surface area contributed by atoms with Crippen LogP contribution in [0.25, 0.3) is 0 Å². The van der Waals surface area contributed by atoms with Gasteiger partial charge in [0.15, 0.2) is 8.68 Å². The van der Waals surface area contributed by atoms with Crippen LogP contribution in [-0.4, -0.2) is 18.4 Å². The third kappa shape index (κ3) is 3.30. The van der Waals surface area contributed by atoms with Crippen LogP contribution in [0.2, 0.25) is 4.47 Å². The van der Waals surface area contributed by atoms with E-state index in [1.807, 2.05) is 13.0 Å². The van der Waals surface area contributed by atoms with E-state index in [-0.39, 0.29) is 15.2 Å². The second-order valence-electron chi connectivity index (χ2n) is 3.97. The SMILES string of the molecule is Cc1ccncc1CNS(=O)(=O)c1sc(Cl)nc1C. The number of aromatic nitrogens is 2. The molecule has 0 spiro atoms. The Morgan fingerprint density at radius 3 is 2.74 bits per heavy atom. The van der Waals surface area contributed by atoms with Crippen molar-refractivity contribution in [3.05, 3.63) is 39.7 Å². The maximum atomic E-state index is 12.1. The van der Waals surface area contributed by atoms with Crippen molar-refractivity contribution in [1.82, 2.24) is 14.7 Å². The Hall–Kier alpha value is -1.02. The Kier molecular flexibility index (Phi) is 4.19. The van der Waals surface area contributed by atoms with E-state index in [1.54, 1.807) is 19.3 Å². The number of rotatable bonds is 4. The average molecular weight is 318 g/mol. The minimum atomic E-state index is -3.59. The van der Waals surface area contributed by atoms with Crippen LogP contribution in [0, 0.1) is 13.8 Å². The molecule has 0 aliphatic carbocycles. The first-order valence-electron chi connectivity index (χ1n) is 5.42. The summed E-state index contributed by atoms with van der Waals surface area (Å²) >= 11 is 6.67. The standard InChI is InChI=1S/C11H12ClN3O2S2/c1-7-3-4-13-5-9(7)6-14-19(16,17)10-8(2)15-11(12)18-10/h3-5,14H,6H2,1-2H3. The number of hydrogen-bond acceptors (Lipinski definition) is 5. The third-order valence-corrected chi connectivity index (χ3v) is 5.84. The molecule has 0 saturated carbocycles. The Bertz CT molecular complexity index is 698. The predicted octanol–water partition coefficient (Wildman–Crippen LogP) is 2.29. The van der Waals surface area contributed by atoms with Crippen LogP contribution in [0.3, 0.4) is 0 Å². The van der Waals surface area contributed by atoms with E-state index in [9.17, 15) is 8.42 Å². The van der Waals surface area contributed by atoms with Crippen molar-refractivity contribution in [3.8, 4) is 0 Å². The van der Waals surface area contributed by atoms with E-state index >= 15 is 0 Å². The molecular formula is C11H12ClN3O2S2.